The van der Waals surface area contributed by atoms with E-state index >= 15 is 0 Å². The fourth-order valence-corrected chi connectivity index (χ4v) is 3.39. The molecule has 2 aromatic carbocycles. The van der Waals surface area contributed by atoms with E-state index in [0.29, 0.717) is 0 Å². The zero-order valence-electron chi connectivity index (χ0n) is 13.8. The SMILES string of the molecule is Cc1ccc(-c2cnc3c4cccnc4c4cccnc4c3c2)cc1. The van der Waals surface area contributed by atoms with E-state index in [1.807, 2.05) is 30.7 Å². The number of hydrogen-bond donors (Lipinski definition) is 0. The maximum Gasteiger partial charge on any atom is 0.0818 e. The van der Waals surface area contributed by atoms with Gasteiger partial charge in [-0.05, 0) is 42.8 Å². The minimum Gasteiger partial charge on any atom is -0.255 e. The third-order valence-corrected chi connectivity index (χ3v) is 4.65. The Kier molecular flexibility index (Phi) is 3.01. The van der Waals surface area contributed by atoms with E-state index in [0.717, 1.165) is 43.8 Å². The van der Waals surface area contributed by atoms with Crippen molar-refractivity contribution >= 4 is 32.7 Å². The van der Waals surface area contributed by atoms with Crippen LogP contribution in [0.15, 0.2) is 73.2 Å². The van der Waals surface area contributed by atoms with E-state index in [2.05, 4.69) is 59.4 Å². The first-order valence-electron chi connectivity index (χ1n) is 8.29. The Hall–Kier alpha value is -3.33. The first-order chi connectivity index (χ1) is 12.3. The van der Waals surface area contributed by atoms with Gasteiger partial charge in [-0.1, -0.05) is 29.8 Å². The van der Waals surface area contributed by atoms with Crippen molar-refractivity contribution in [3.05, 3.63) is 78.8 Å². The van der Waals surface area contributed by atoms with Crippen LogP contribution in [-0.4, -0.2) is 15.0 Å². The molecule has 5 aromatic rings. The van der Waals surface area contributed by atoms with Crippen LogP contribution in [0.25, 0.3) is 43.8 Å². The maximum absolute atomic E-state index is 4.78. The van der Waals surface area contributed by atoms with Crippen molar-refractivity contribution in [1.82, 2.24) is 15.0 Å². The van der Waals surface area contributed by atoms with Gasteiger partial charge in [-0.2, -0.15) is 0 Å². The second-order valence-corrected chi connectivity index (χ2v) is 6.29. The van der Waals surface area contributed by atoms with Crippen LogP contribution in [-0.2, 0) is 0 Å². The second kappa shape index (κ2) is 5.35. The highest BCUT2D eigenvalue weighted by Crippen LogP contribution is 2.33. The van der Waals surface area contributed by atoms with Crippen LogP contribution in [0.2, 0.25) is 0 Å². The number of pyridine rings is 3. The summed E-state index contributed by atoms with van der Waals surface area (Å²) in [5.74, 6) is 0. The summed E-state index contributed by atoms with van der Waals surface area (Å²) in [7, 11) is 0. The lowest BCUT2D eigenvalue weighted by Crippen LogP contribution is -1.91. The van der Waals surface area contributed by atoms with Crippen molar-refractivity contribution in [2.45, 2.75) is 6.92 Å². The lowest BCUT2D eigenvalue weighted by Gasteiger charge is -2.10. The van der Waals surface area contributed by atoms with Gasteiger partial charge in [0.2, 0.25) is 0 Å². The van der Waals surface area contributed by atoms with Crippen molar-refractivity contribution in [2.75, 3.05) is 0 Å². The molecule has 0 N–H and O–H groups in total. The summed E-state index contributed by atoms with van der Waals surface area (Å²) >= 11 is 0. The van der Waals surface area contributed by atoms with E-state index in [-0.39, 0.29) is 0 Å². The van der Waals surface area contributed by atoms with Crippen molar-refractivity contribution in [3.8, 4) is 11.1 Å². The van der Waals surface area contributed by atoms with Gasteiger partial charge >= 0.3 is 0 Å². The van der Waals surface area contributed by atoms with Crippen molar-refractivity contribution in [1.29, 1.82) is 0 Å². The number of rotatable bonds is 1. The third kappa shape index (κ3) is 2.17. The molecule has 0 amide bonds. The van der Waals surface area contributed by atoms with Crippen LogP contribution in [0.3, 0.4) is 0 Å². The Morgan fingerprint density at radius 1 is 0.600 bits per heavy atom. The van der Waals surface area contributed by atoms with E-state index in [1.165, 1.54) is 5.56 Å². The van der Waals surface area contributed by atoms with Gasteiger partial charge in [-0.3, -0.25) is 15.0 Å². The van der Waals surface area contributed by atoms with Crippen LogP contribution in [0.5, 0.6) is 0 Å². The van der Waals surface area contributed by atoms with Crippen LogP contribution in [0.4, 0.5) is 0 Å². The normalized spacial score (nSPS) is 11.4. The summed E-state index contributed by atoms with van der Waals surface area (Å²) < 4.78 is 0. The number of benzene rings is 2. The summed E-state index contributed by atoms with van der Waals surface area (Å²) in [6.45, 7) is 2.10. The standard InChI is InChI=1S/C22H15N3/c1-14-6-8-15(9-7-14)16-12-19-21-17(4-2-11-24-21)20-18(5-3-10-23-20)22(19)25-13-16/h2-13H,1H3. The highest BCUT2D eigenvalue weighted by molar-refractivity contribution is 6.21. The second-order valence-electron chi connectivity index (χ2n) is 6.29. The van der Waals surface area contributed by atoms with Gasteiger partial charge in [-0.25, -0.2) is 0 Å². The predicted octanol–water partition coefficient (Wildman–Crippen LogP) is 5.31. The minimum absolute atomic E-state index is 0.949. The van der Waals surface area contributed by atoms with E-state index in [4.69, 9.17) is 4.98 Å². The zero-order chi connectivity index (χ0) is 16.8. The molecule has 3 aromatic heterocycles. The molecule has 5 rings (SSSR count). The van der Waals surface area contributed by atoms with Gasteiger partial charge in [0.25, 0.3) is 0 Å². The Labute approximate surface area is 145 Å². The molecule has 0 saturated carbocycles. The molecule has 0 aliphatic heterocycles. The molecule has 25 heavy (non-hydrogen) atoms. The molecular weight excluding hydrogens is 306 g/mol. The Balaban J connectivity index is 1.91. The largest absolute Gasteiger partial charge is 0.255 e. The van der Waals surface area contributed by atoms with Gasteiger partial charge in [0.05, 0.1) is 16.6 Å². The third-order valence-electron chi connectivity index (χ3n) is 4.65. The quantitative estimate of drug-likeness (QED) is 0.393. The van der Waals surface area contributed by atoms with Gasteiger partial charge in [-0.15, -0.1) is 0 Å². The van der Waals surface area contributed by atoms with Gasteiger partial charge in [0.15, 0.2) is 0 Å². The number of aromatic nitrogens is 3. The molecule has 0 radical (unpaired) electrons. The molecule has 0 atom stereocenters. The highest BCUT2D eigenvalue weighted by Gasteiger charge is 2.12. The fraction of sp³-hybridized carbons (Fsp3) is 0.0455. The van der Waals surface area contributed by atoms with Crippen molar-refractivity contribution < 1.29 is 0 Å². The van der Waals surface area contributed by atoms with Crippen LogP contribution in [0, 0.1) is 6.92 Å². The van der Waals surface area contributed by atoms with Crippen molar-refractivity contribution in [3.63, 3.8) is 0 Å². The zero-order valence-corrected chi connectivity index (χ0v) is 13.8. The van der Waals surface area contributed by atoms with Gasteiger partial charge < -0.3 is 0 Å². The summed E-state index contributed by atoms with van der Waals surface area (Å²) in [6.07, 6.45) is 5.59. The number of nitrogens with zero attached hydrogens (tertiary/aromatic N) is 3. The number of aryl methyl sites for hydroxylation is 1. The Bertz CT molecular complexity index is 1210. The molecule has 0 unspecified atom stereocenters. The molecule has 0 fully saturated rings. The monoisotopic (exact) mass is 321 g/mol. The average molecular weight is 321 g/mol. The lowest BCUT2D eigenvalue weighted by molar-refractivity contribution is 1.37. The van der Waals surface area contributed by atoms with Crippen molar-refractivity contribution in [2.24, 2.45) is 0 Å². The van der Waals surface area contributed by atoms with Gasteiger partial charge in [0, 0.05) is 40.3 Å². The molecule has 0 aliphatic rings. The van der Waals surface area contributed by atoms with E-state index in [9.17, 15) is 0 Å². The molecule has 118 valence electrons. The molecule has 3 heterocycles. The molecule has 3 nitrogen and oxygen atoms in total. The highest BCUT2D eigenvalue weighted by atomic mass is 14.7. The Morgan fingerprint density at radius 2 is 1.20 bits per heavy atom. The maximum atomic E-state index is 4.78. The topological polar surface area (TPSA) is 38.7 Å². The molecule has 0 aliphatic carbocycles. The molecule has 0 bridgehead atoms. The predicted molar refractivity (Wildman–Crippen MR) is 103 cm³/mol. The Morgan fingerprint density at radius 3 is 1.88 bits per heavy atom. The smallest absolute Gasteiger partial charge is 0.0818 e. The summed E-state index contributed by atoms with van der Waals surface area (Å²) in [4.78, 5) is 14.0. The lowest BCUT2D eigenvalue weighted by atomic mass is 10.00. The van der Waals surface area contributed by atoms with Gasteiger partial charge in [0.1, 0.15) is 0 Å². The molecule has 3 heteroatoms. The fourth-order valence-electron chi connectivity index (χ4n) is 3.39. The minimum atomic E-state index is 0.949. The average Bonchev–Trinajstić information content (AvgIpc) is 2.68. The molecule has 0 spiro atoms. The van der Waals surface area contributed by atoms with E-state index in [1.54, 1.807) is 0 Å². The molecular formula is C22H15N3. The van der Waals surface area contributed by atoms with E-state index < -0.39 is 0 Å². The summed E-state index contributed by atoms with van der Waals surface area (Å²) in [5, 5.41) is 3.19. The number of hydrogen-bond acceptors (Lipinski definition) is 3. The molecule has 0 saturated heterocycles. The summed E-state index contributed by atoms with van der Waals surface area (Å²) in [5.41, 5.74) is 6.36. The first kappa shape index (κ1) is 14.1. The summed E-state index contributed by atoms with van der Waals surface area (Å²) in [6, 6.07) is 18.8. The van der Waals surface area contributed by atoms with Crippen LogP contribution < -0.4 is 0 Å². The van der Waals surface area contributed by atoms with Crippen LogP contribution >= 0.6 is 0 Å². The first-order valence-corrected chi connectivity index (χ1v) is 8.29. The van der Waals surface area contributed by atoms with Crippen LogP contribution in [0.1, 0.15) is 5.56 Å². The number of fused-ring (bicyclic) bond motifs is 6.